The van der Waals surface area contributed by atoms with Crippen molar-refractivity contribution in [3.8, 4) is 0 Å². The van der Waals surface area contributed by atoms with Crippen LogP contribution < -0.4 is 4.90 Å². The van der Waals surface area contributed by atoms with Crippen LogP contribution in [0.5, 0.6) is 0 Å². The van der Waals surface area contributed by atoms with Crippen molar-refractivity contribution in [2.45, 2.75) is 25.7 Å². The molecule has 1 saturated heterocycles. The molecule has 0 radical (unpaired) electrons. The fraction of sp³-hybridized carbons (Fsp3) is 0.533. The number of piperazine rings is 1. The molecule has 2 heterocycles. The fourth-order valence-electron chi connectivity index (χ4n) is 3.04. The minimum absolute atomic E-state index is 0.0226. The molecule has 1 amide bonds. The fourth-order valence-corrected chi connectivity index (χ4v) is 3.04. The largest absolute Gasteiger partial charge is 0.353 e. The summed E-state index contributed by atoms with van der Waals surface area (Å²) in [6.45, 7) is 6.70. The van der Waals surface area contributed by atoms with Crippen molar-refractivity contribution in [2.24, 2.45) is 0 Å². The Morgan fingerprint density at radius 3 is 2.65 bits per heavy atom. The molecule has 0 spiro atoms. The number of aromatic nitrogens is 2. The van der Waals surface area contributed by atoms with Gasteiger partial charge in [-0.15, -0.1) is 0 Å². The maximum atomic E-state index is 11.6. The molecular formula is C15H20N4O. The summed E-state index contributed by atoms with van der Waals surface area (Å²) in [5, 5.41) is 0. The summed E-state index contributed by atoms with van der Waals surface area (Å²) in [5.41, 5.74) is 2.54. The van der Waals surface area contributed by atoms with Crippen molar-refractivity contribution in [1.82, 2.24) is 14.9 Å². The summed E-state index contributed by atoms with van der Waals surface area (Å²) in [6, 6.07) is 0. The van der Waals surface area contributed by atoms with E-state index in [1.165, 1.54) is 30.2 Å². The zero-order chi connectivity index (χ0) is 13.9. The summed E-state index contributed by atoms with van der Waals surface area (Å²) in [7, 11) is 0. The van der Waals surface area contributed by atoms with Crippen LogP contribution in [-0.2, 0) is 17.6 Å². The summed E-state index contributed by atoms with van der Waals surface area (Å²) < 4.78 is 0. The van der Waals surface area contributed by atoms with Gasteiger partial charge in [0.1, 0.15) is 12.1 Å². The highest BCUT2D eigenvalue weighted by atomic mass is 16.2. The van der Waals surface area contributed by atoms with Gasteiger partial charge in [0.2, 0.25) is 5.91 Å². The number of fused-ring (bicyclic) bond motifs is 1. The predicted octanol–water partition coefficient (Wildman–Crippen LogP) is 1.19. The molecule has 5 heteroatoms. The van der Waals surface area contributed by atoms with Gasteiger partial charge in [-0.3, -0.25) is 4.79 Å². The lowest BCUT2D eigenvalue weighted by molar-refractivity contribution is -0.126. The molecule has 2 aliphatic rings. The van der Waals surface area contributed by atoms with Crippen molar-refractivity contribution in [3.05, 3.63) is 30.2 Å². The van der Waals surface area contributed by atoms with E-state index >= 15 is 0 Å². The van der Waals surface area contributed by atoms with E-state index in [0.29, 0.717) is 0 Å². The molecule has 3 rings (SSSR count). The smallest absolute Gasteiger partial charge is 0.246 e. The van der Waals surface area contributed by atoms with Crippen molar-refractivity contribution in [3.63, 3.8) is 0 Å². The third kappa shape index (κ3) is 2.40. The molecular weight excluding hydrogens is 252 g/mol. The van der Waals surface area contributed by atoms with Gasteiger partial charge in [0, 0.05) is 37.4 Å². The van der Waals surface area contributed by atoms with E-state index in [1.807, 2.05) is 4.90 Å². The van der Waals surface area contributed by atoms with Gasteiger partial charge in [-0.1, -0.05) is 6.58 Å². The number of rotatable bonds is 2. The second-order valence-electron chi connectivity index (χ2n) is 5.35. The van der Waals surface area contributed by atoms with Gasteiger partial charge in [-0.05, 0) is 31.8 Å². The van der Waals surface area contributed by atoms with E-state index < -0.39 is 0 Å². The minimum Gasteiger partial charge on any atom is -0.353 e. The van der Waals surface area contributed by atoms with E-state index in [2.05, 4.69) is 21.4 Å². The third-order valence-electron chi connectivity index (χ3n) is 4.17. The van der Waals surface area contributed by atoms with Crippen LogP contribution >= 0.6 is 0 Å². The average molecular weight is 272 g/mol. The van der Waals surface area contributed by atoms with E-state index in [-0.39, 0.29) is 5.91 Å². The van der Waals surface area contributed by atoms with Crippen molar-refractivity contribution < 1.29 is 4.79 Å². The van der Waals surface area contributed by atoms with Crippen LogP contribution in [0.2, 0.25) is 0 Å². The first-order valence-corrected chi connectivity index (χ1v) is 7.28. The SMILES string of the molecule is C=CC(=O)N1CCN(c2ncnc3c2CCCC3)CC1. The van der Waals surface area contributed by atoms with Crippen LogP contribution in [0.25, 0.3) is 0 Å². The van der Waals surface area contributed by atoms with Gasteiger partial charge in [0.15, 0.2) is 0 Å². The Morgan fingerprint density at radius 1 is 1.15 bits per heavy atom. The van der Waals surface area contributed by atoms with Crippen molar-refractivity contribution in [1.29, 1.82) is 0 Å². The molecule has 0 unspecified atom stereocenters. The van der Waals surface area contributed by atoms with Gasteiger partial charge in [0.25, 0.3) is 0 Å². The highest BCUT2D eigenvalue weighted by Crippen LogP contribution is 2.27. The molecule has 1 aromatic rings. The molecule has 0 N–H and O–H groups in total. The maximum Gasteiger partial charge on any atom is 0.246 e. The Labute approximate surface area is 119 Å². The molecule has 1 aliphatic carbocycles. The number of aryl methyl sites for hydroxylation is 1. The van der Waals surface area contributed by atoms with Gasteiger partial charge in [-0.25, -0.2) is 9.97 Å². The molecule has 0 bridgehead atoms. The third-order valence-corrected chi connectivity index (χ3v) is 4.17. The summed E-state index contributed by atoms with van der Waals surface area (Å²) in [5.74, 6) is 1.11. The van der Waals surface area contributed by atoms with E-state index in [1.54, 1.807) is 6.33 Å². The van der Waals surface area contributed by atoms with E-state index in [0.717, 1.165) is 44.8 Å². The van der Waals surface area contributed by atoms with Gasteiger partial charge in [0.05, 0.1) is 0 Å². The van der Waals surface area contributed by atoms with Crippen molar-refractivity contribution >= 4 is 11.7 Å². The lowest BCUT2D eigenvalue weighted by Gasteiger charge is -2.36. The summed E-state index contributed by atoms with van der Waals surface area (Å²) in [6.07, 6.45) is 7.67. The number of nitrogens with zero attached hydrogens (tertiary/aromatic N) is 4. The van der Waals surface area contributed by atoms with E-state index in [4.69, 9.17) is 0 Å². The van der Waals surface area contributed by atoms with Crippen molar-refractivity contribution in [2.75, 3.05) is 31.1 Å². The molecule has 1 aliphatic heterocycles. The summed E-state index contributed by atoms with van der Waals surface area (Å²) in [4.78, 5) is 24.7. The number of carbonyl (C=O) groups is 1. The maximum absolute atomic E-state index is 11.6. The Balaban J connectivity index is 1.75. The normalized spacial score (nSPS) is 18.6. The van der Waals surface area contributed by atoms with Crippen LogP contribution in [0.15, 0.2) is 19.0 Å². The number of amides is 1. The first-order valence-electron chi connectivity index (χ1n) is 7.28. The Bertz CT molecular complexity index is 521. The number of hydrogen-bond acceptors (Lipinski definition) is 4. The Morgan fingerprint density at radius 2 is 1.90 bits per heavy atom. The second-order valence-corrected chi connectivity index (χ2v) is 5.35. The molecule has 106 valence electrons. The molecule has 5 nitrogen and oxygen atoms in total. The first-order chi connectivity index (χ1) is 9.79. The lowest BCUT2D eigenvalue weighted by atomic mass is 9.96. The zero-order valence-corrected chi connectivity index (χ0v) is 11.7. The van der Waals surface area contributed by atoms with E-state index in [9.17, 15) is 4.79 Å². The molecule has 20 heavy (non-hydrogen) atoms. The number of anilines is 1. The molecule has 1 aromatic heterocycles. The topological polar surface area (TPSA) is 49.3 Å². The minimum atomic E-state index is 0.0226. The van der Waals surface area contributed by atoms with Gasteiger partial charge < -0.3 is 9.80 Å². The lowest BCUT2D eigenvalue weighted by Crippen LogP contribution is -2.49. The average Bonchev–Trinajstić information content (AvgIpc) is 2.54. The van der Waals surface area contributed by atoms with Crippen LogP contribution in [0.4, 0.5) is 5.82 Å². The monoisotopic (exact) mass is 272 g/mol. The highest BCUT2D eigenvalue weighted by molar-refractivity contribution is 5.87. The Hall–Kier alpha value is -1.91. The molecule has 0 atom stereocenters. The standard InChI is InChI=1S/C15H20N4O/c1-2-14(20)18-7-9-19(10-8-18)15-12-5-3-4-6-13(12)16-11-17-15/h2,11H,1,3-10H2. The molecule has 0 aromatic carbocycles. The number of hydrogen-bond donors (Lipinski definition) is 0. The first kappa shape index (κ1) is 13.1. The van der Waals surface area contributed by atoms with Crippen LogP contribution in [0, 0.1) is 0 Å². The quantitative estimate of drug-likeness (QED) is 0.759. The van der Waals surface area contributed by atoms with Crippen LogP contribution in [0.3, 0.4) is 0 Å². The second kappa shape index (κ2) is 5.61. The predicted molar refractivity (Wildman–Crippen MR) is 77.7 cm³/mol. The van der Waals surface area contributed by atoms with Crippen LogP contribution in [-0.4, -0.2) is 47.0 Å². The van der Waals surface area contributed by atoms with Crippen LogP contribution in [0.1, 0.15) is 24.1 Å². The van der Waals surface area contributed by atoms with Gasteiger partial charge in [-0.2, -0.15) is 0 Å². The molecule has 1 fully saturated rings. The Kier molecular flexibility index (Phi) is 3.67. The highest BCUT2D eigenvalue weighted by Gasteiger charge is 2.24. The van der Waals surface area contributed by atoms with Gasteiger partial charge >= 0.3 is 0 Å². The molecule has 0 saturated carbocycles. The zero-order valence-electron chi connectivity index (χ0n) is 11.7. The summed E-state index contributed by atoms with van der Waals surface area (Å²) >= 11 is 0. The number of carbonyl (C=O) groups excluding carboxylic acids is 1.